The summed E-state index contributed by atoms with van der Waals surface area (Å²) in [6.07, 6.45) is 6.06. The van der Waals surface area contributed by atoms with Gasteiger partial charge in [0.15, 0.2) is 0 Å². The Hall–Kier alpha value is -0.600. The summed E-state index contributed by atoms with van der Waals surface area (Å²) in [7, 11) is 0. The summed E-state index contributed by atoms with van der Waals surface area (Å²) < 4.78 is 14.0. The van der Waals surface area contributed by atoms with Crippen LogP contribution in [0.25, 0.3) is 0 Å². The van der Waals surface area contributed by atoms with Gasteiger partial charge in [0.05, 0.1) is 0 Å². The molecular formula is C17H23ClFN. The molecule has 3 heteroatoms. The van der Waals surface area contributed by atoms with Gasteiger partial charge in [0.25, 0.3) is 0 Å². The van der Waals surface area contributed by atoms with Crippen LogP contribution in [0.3, 0.4) is 0 Å². The van der Waals surface area contributed by atoms with Crippen LogP contribution in [0.1, 0.15) is 38.2 Å². The van der Waals surface area contributed by atoms with Gasteiger partial charge in [0, 0.05) is 11.1 Å². The fourth-order valence-electron chi connectivity index (χ4n) is 4.07. The molecule has 0 saturated heterocycles. The summed E-state index contributed by atoms with van der Waals surface area (Å²) in [5.41, 5.74) is 0.799. The fraction of sp³-hybridized carbons (Fsp3) is 0.647. The quantitative estimate of drug-likeness (QED) is 0.818. The van der Waals surface area contributed by atoms with Crippen LogP contribution in [-0.4, -0.2) is 12.6 Å². The van der Waals surface area contributed by atoms with Gasteiger partial charge in [0.1, 0.15) is 5.82 Å². The van der Waals surface area contributed by atoms with E-state index in [0.717, 1.165) is 42.7 Å². The third kappa shape index (κ3) is 2.87. The molecule has 2 fully saturated rings. The van der Waals surface area contributed by atoms with Gasteiger partial charge in [-0.1, -0.05) is 31.0 Å². The van der Waals surface area contributed by atoms with Crippen molar-refractivity contribution >= 4 is 11.6 Å². The van der Waals surface area contributed by atoms with Gasteiger partial charge in [-0.15, -0.1) is 0 Å². The smallest absolute Gasteiger partial charge is 0.127 e. The van der Waals surface area contributed by atoms with Gasteiger partial charge < -0.3 is 5.32 Å². The molecule has 3 unspecified atom stereocenters. The average molecular weight is 296 g/mol. The van der Waals surface area contributed by atoms with Crippen LogP contribution < -0.4 is 5.32 Å². The molecule has 0 heterocycles. The van der Waals surface area contributed by atoms with Gasteiger partial charge in [-0.25, -0.2) is 4.39 Å². The zero-order valence-corrected chi connectivity index (χ0v) is 12.8. The predicted molar refractivity (Wildman–Crippen MR) is 81.5 cm³/mol. The Morgan fingerprint density at radius 1 is 1.35 bits per heavy atom. The minimum atomic E-state index is -0.161. The molecule has 0 spiro atoms. The molecule has 110 valence electrons. The number of benzene rings is 1. The molecule has 0 radical (unpaired) electrons. The lowest BCUT2D eigenvalue weighted by atomic mass is 9.96. The second kappa shape index (κ2) is 6.03. The van der Waals surface area contributed by atoms with Crippen LogP contribution in [0, 0.1) is 23.6 Å². The number of hydrogen-bond donors (Lipinski definition) is 1. The molecule has 1 N–H and O–H groups in total. The Bertz CT molecular complexity index is 466. The molecule has 3 atom stereocenters. The van der Waals surface area contributed by atoms with Gasteiger partial charge in [-0.3, -0.25) is 0 Å². The number of nitrogens with one attached hydrogen (secondary N) is 1. The molecule has 0 aromatic heterocycles. The SMILES string of the molecule is CCCNC(Cc1ccc(Cl)cc1F)C1C2CCCC21. The number of fused-ring (bicyclic) bond motifs is 1. The van der Waals surface area contributed by atoms with Crippen molar-refractivity contribution < 1.29 is 4.39 Å². The lowest BCUT2D eigenvalue weighted by Gasteiger charge is -2.21. The maximum atomic E-state index is 14.0. The van der Waals surface area contributed by atoms with Crippen LogP contribution in [-0.2, 0) is 6.42 Å². The molecule has 2 aliphatic rings. The second-order valence-electron chi connectivity index (χ2n) is 6.34. The summed E-state index contributed by atoms with van der Waals surface area (Å²) in [4.78, 5) is 0. The first-order chi connectivity index (χ1) is 9.70. The molecule has 0 aliphatic heterocycles. The Morgan fingerprint density at radius 3 is 2.75 bits per heavy atom. The van der Waals surface area contributed by atoms with Gasteiger partial charge in [-0.05, 0) is 67.7 Å². The Balaban J connectivity index is 1.69. The lowest BCUT2D eigenvalue weighted by molar-refractivity contribution is 0.399. The summed E-state index contributed by atoms with van der Waals surface area (Å²) in [5, 5.41) is 4.13. The monoisotopic (exact) mass is 295 g/mol. The van der Waals surface area contributed by atoms with Gasteiger partial charge in [-0.2, -0.15) is 0 Å². The Kier molecular flexibility index (Phi) is 4.32. The summed E-state index contributed by atoms with van der Waals surface area (Å²) in [6, 6.07) is 5.50. The van der Waals surface area contributed by atoms with Crippen LogP contribution in [0.2, 0.25) is 5.02 Å². The summed E-state index contributed by atoms with van der Waals surface area (Å²) >= 11 is 5.83. The zero-order chi connectivity index (χ0) is 14.1. The van der Waals surface area contributed by atoms with Crippen LogP contribution >= 0.6 is 11.6 Å². The van der Waals surface area contributed by atoms with Crippen molar-refractivity contribution in [1.29, 1.82) is 0 Å². The third-order valence-electron chi connectivity index (χ3n) is 5.05. The first-order valence-corrected chi connectivity index (χ1v) is 8.25. The van der Waals surface area contributed by atoms with Crippen molar-refractivity contribution in [3.8, 4) is 0 Å². The number of halogens is 2. The van der Waals surface area contributed by atoms with Crippen molar-refractivity contribution in [2.75, 3.05) is 6.54 Å². The van der Waals surface area contributed by atoms with Crippen LogP contribution in [0.5, 0.6) is 0 Å². The molecule has 1 nitrogen and oxygen atoms in total. The van der Waals surface area contributed by atoms with Crippen molar-refractivity contribution in [3.05, 3.63) is 34.6 Å². The molecule has 1 aromatic carbocycles. The first kappa shape index (κ1) is 14.3. The topological polar surface area (TPSA) is 12.0 Å². The highest BCUT2D eigenvalue weighted by Gasteiger charge is 2.55. The van der Waals surface area contributed by atoms with Crippen molar-refractivity contribution in [2.45, 2.75) is 45.1 Å². The Labute approximate surface area is 125 Å². The highest BCUT2D eigenvalue weighted by atomic mass is 35.5. The van der Waals surface area contributed by atoms with Crippen LogP contribution in [0.4, 0.5) is 4.39 Å². The highest BCUT2D eigenvalue weighted by Crippen LogP contribution is 2.59. The molecule has 2 saturated carbocycles. The van der Waals surface area contributed by atoms with Crippen molar-refractivity contribution in [1.82, 2.24) is 5.32 Å². The highest BCUT2D eigenvalue weighted by molar-refractivity contribution is 6.30. The lowest BCUT2D eigenvalue weighted by Crippen LogP contribution is -2.35. The van der Waals surface area contributed by atoms with Crippen LogP contribution in [0.15, 0.2) is 18.2 Å². The third-order valence-corrected chi connectivity index (χ3v) is 5.28. The van der Waals surface area contributed by atoms with E-state index >= 15 is 0 Å². The maximum absolute atomic E-state index is 14.0. The standard InChI is InChI=1S/C17H23ClFN/c1-2-8-20-16(17-13-4-3-5-14(13)17)9-11-6-7-12(18)10-15(11)19/h6-7,10,13-14,16-17,20H,2-5,8-9H2,1H3. The second-order valence-corrected chi connectivity index (χ2v) is 6.77. The molecule has 0 bridgehead atoms. The molecule has 3 rings (SSSR count). The summed E-state index contributed by atoms with van der Waals surface area (Å²) in [5.74, 6) is 2.41. The number of rotatable bonds is 6. The summed E-state index contributed by atoms with van der Waals surface area (Å²) in [6.45, 7) is 3.20. The Morgan fingerprint density at radius 2 is 2.10 bits per heavy atom. The van der Waals surface area contributed by atoms with Gasteiger partial charge in [0.2, 0.25) is 0 Å². The van der Waals surface area contributed by atoms with E-state index in [9.17, 15) is 4.39 Å². The fourth-order valence-corrected chi connectivity index (χ4v) is 4.23. The van der Waals surface area contributed by atoms with Gasteiger partial charge >= 0.3 is 0 Å². The first-order valence-electron chi connectivity index (χ1n) is 7.88. The predicted octanol–water partition coefficient (Wildman–Crippen LogP) is 4.44. The molecule has 2 aliphatic carbocycles. The molecular weight excluding hydrogens is 273 g/mol. The van der Waals surface area contributed by atoms with Crippen molar-refractivity contribution in [3.63, 3.8) is 0 Å². The molecule has 0 amide bonds. The minimum absolute atomic E-state index is 0.161. The van der Waals surface area contributed by atoms with Crippen molar-refractivity contribution in [2.24, 2.45) is 17.8 Å². The minimum Gasteiger partial charge on any atom is -0.313 e. The van der Waals surface area contributed by atoms with E-state index in [-0.39, 0.29) is 5.82 Å². The molecule has 20 heavy (non-hydrogen) atoms. The van der Waals surface area contributed by atoms with E-state index in [0.29, 0.717) is 11.1 Å². The maximum Gasteiger partial charge on any atom is 0.127 e. The number of hydrogen-bond acceptors (Lipinski definition) is 1. The largest absolute Gasteiger partial charge is 0.313 e. The zero-order valence-electron chi connectivity index (χ0n) is 12.0. The average Bonchev–Trinajstić information content (AvgIpc) is 2.90. The van der Waals surface area contributed by atoms with E-state index in [1.807, 2.05) is 6.07 Å². The van der Waals surface area contributed by atoms with E-state index in [2.05, 4.69) is 12.2 Å². The van der Waals surface area contributed by atoms with E-state index in [1.165, 1.54) is 25.3 Å². The van der Waals surface area contributed by atoms with E-state index in [1.54, 1.807) is 6.07 Å². The van der Waals surface area contributed by atoms with E-state index < -0.39 is 0 Å². The van der Waals surface area contributed by atoms with E-state index in [4.69, 9.17) is 11.6 Å². The normalized spacial score (nSPS) is 29.2. The molecule has 1 aromatic rings.